The summed E-state index contributed by atoms with van der Waals surface area (Å²) < 4.78 is 0. The maximum Gasteiger partial charge on any atom is 0.320 e. The summed E-state index contributed by atoms with van der Waals surface area (Å²) in [5.41, 5.74) is 7.85. The topological polar surface area (TPSA) is 122 Å². The summed E-state index contributed by atoms with van der Waals surface area (Å²) in [4.78, 5) is 25.8. The Morgan fingerprint density at radius 1 is 1.19 bits per heavy atom. The molecule has 1 heterocycles. The number of aryl methyl sites for hydroxylation is 1. The van der Waals surface area contributed by atoms with Crippen LogP contribution in [0.4, 0.5) is 10.5 Å². The molecule has 0 saturated heterocycles. The van der Waals surface area contributed by atoms with Crippen LogP contribution in [0.25, 0.3) is 0 Å². The van der Waals surface area contributed by atoms with Gasteiger partial charge in [0, 0.05) is 5.69 Å². The van der Waals surface area contributed by atoms with E-state index in [0.29, 0.717) is 12.1 Å². The van der Waals surface area contributed by atoms with E-state index in [1.54, 1.807) is 12.1 Å². The normalized spacial score (nSPS) is 19.5. The number of anilines is 1. The Labute approximate surface area is 157 Å². The zero-order valence-electron chi connectivity index (χ0n) is 14.8. The Hall–Kier alpha value is -3.35. The minimum absolute atomic E-state index is 0.241. The number of amides is 2. The lowest BCUT2D eigenvalue weighted by atomic mass is 9.80. The standard InChI is InChI=1S/C20H22N4O3/c21-19(27)24-17-6-2-1-4-15(17)5-3-11-20(24,12-18(25)26)16-9-7-14(8-10-16)13-23-22/h1-2,4,6-10,13H,3,5,11-12,22H2,(H2,21,27)(H,25,26). The molecule has 0 bridgehead atoms. The van der Waals surface area contributed by atoms with E-state index < -0.39 is 17.5 Å². The van der Waals surface area contributed by atoms with Gasteiger partial charge in [0.05, 0.1) is 18.2 Å². The number of nitrogens with zero attached hydrogens (tertiary/aromatic N) is 2. The number of nitrogens with two attached hydrogens (primary N) is 2. The minimum Gasteiger partial charge on any atom is -0.481 e. The van der Waals surface area contributed by atoms with Crippen LogP contribution in [0.1, 0.15) is 36.0 Å². The highest BCUT2D eigenvalue weighted by molar-refractivity contribution is 5.94. The molecular weight excluding hydrogens is 344 g/mol. The van der Waals surface area contributed by atoms with Crippen LogP contribution in [-0.2, 0) is 16.8 Å². The monoisotopic (exact) mass is 366 g/mol. The van der Waals surface area contributed by atoms with Crippen LogP contribution in [-0.4, -0.2) is 23.3 Å². The predicted octanol–water partition coefficient (Wildman–Crippen LogP) is 2.57. The van der Waals surface area contributed by atoms with Gasteiger partial charge in [-0.25, -0.2) is 4.79 Å². The van der Waals surface area contributed by atoms with E-state index in [2.05, 4.69) is 5.10 Å². The van der Waals surface area contributed by atoms with Gasteiger partial charge in [-0.2, -0.15) is 5.10 Å². The molecule has 0 saturated carbocycles. The molecule has 3 rings (SSSR count). The molecule has 0 fully saturated rings. The predicted molar refractivity (Wildman–Crippen MR) is 104 cm³/mol. The van der Waals surface area contributed by atoms with Crippen molar-refractivity contribution in [1.29, 1.82) is 0 Å². The molecule has 0 aliphatic carbocycles. The van der Waals surface area contributed by atoms with E-state index in [9.17, 15) is 14.7 Å². The molecular formula is C20H22N4O3. The Kier molecular flexibility index (Phi) is 5.12. The summed E-state index contributed by atoms with van der Waals surface area (Å²) >= 11 is 0. The van der Waals surface area contributed by atoms with E-state index >= 15 is 0 Å². The fourth-order valence-corrected chi connectivity index (χ4v) is 3.94. The van der Waals surface area contributed by atoms with E-state index in [1.807, 2.05) is 36.4 Å². The Morgan fingerprint density at radius 3 is 2.52 bits per heavy atom. The lowest BCUT2D eigenvalue weighted by molar-refractivity contribution is -0.138. The van der Waals surface area contributed by atoms with Gasteiger partial charge in [-0.05, 0) is 42.0 Å². The Balaban J connectivity index is 2.21. The summed E-state index contributed by atoms with van der Waals surface area (Å²) in [6.45, 7) is 0. The summed E-state index contributed by atoms with van der Waals surface area (Å²) in [6.07, 6.45) is 3.23. The van der Waals surface area contributed by atoms with Crippen LogP contribution in [0.5, 0.6) is 0 Å². The zero-order valence-corrected chi connectivity index (χ0v) is 14.8. The number of carboxylic acid groups (broad SMARTS) is 1. The van der Waals surface area contributed by atoms with Gasteiger partial charge in [-0.15, -0.1) is 0 Å². The summed E-state index contributed by atoms with van der Waals surface area (Å²) in [5.74, 6) is 4.20. The van der Waals surface area contributed by atoms with Crippen molar-refractivity contribution in [2.45, 2.75) is 31.2 Å². The number of hydrogen-bond acceptors (Lipinski definition) is 4. The second kappa shape index (κ2) is 7.49. The van der Waals surface area contributed by atoms with Gasteiger partial charge in [0.1, 0.15) is 0 Å². The van der Waals surface area contributed by atoms with Gasteiger partial charge in [0.2, 0.25) is 0 Å². The van der Waals surface area contributed by atoms with Crippen molar-refractivity contribution >= 4 is 23.9 Å². The number of hydrazone groups is 1. The van der Waals surface area contributed by atoms with Crippen molar-refractivity contribution in [2.24, 2.45) is 16.7 Å². The average Bonchev–Trinajstić information content (AvgIpc) is 2.79. The molecule has 0 radical (unpaired) electrons. The van der Waals surface area contributed by atoms with Crippen molar-refractivity contribution in [3.8, 4) is 0 Å². The second-order valence-corrected chi connectivity index (χ2v) is 6.66. The number of benzene rings is 2. The van der Waals surface area contributed by atoms with Crippen molar-refractivity contribution in [1.82, 2.24) is 0 Å². The fourth-order valence-electron chi connectivity index (χ4n) is 3.94. The molecule has 1 atom stereocenters. The highest BCUT2D eigenvalue weighted by atomic mass is 16.4. The average molecular weight is 366 g/mol. The lowest BCUT2D eigenvalue weighted by Crippen LogP contribution is -2.53. The molecule has 27 heavy (non-hydrogen) atoms. The van der Waals surface area contributed by atoms with Crippen LogP contribution in [0.2, 0.25) is 0 Å². The maximum absolute atomic E-state index is 12.5. The first-order valence-corrected chi connectivity index (χ1v) is 8.71. The maximum atomic E-state index is 12.5. The number of hydrogen-bond donors (Lipinski definition) is 3. The number of primary amides is 1. The molecule has 0 aromatic heterocycles. The zero-order chi connectivity index (χ0) is 19.4. The largest absolute Gasteiger partial charge is 0.481 e. The molecule has 7 nitrogen and oxygen atoms in total. The summed E-state index contributed by atoms with van der Waals surface area (Å²) in [6, 6.07) is 14.0. The van der Waals surface area contributed by atoms with Crippen LogP contribution in [0, 0.1) is 0 Å². The SMILES string of the molecule is NN=Cc1ccc(C2(CC(=O)O)CCCc3ccccc3N2C(N)=O)cc1. The third-order valence-corrected chi connectivity index (χ3v) is 5.03. The van der Waals surface area contributed by atoms with Crippen molar-refractivity contribution < 1.29 is 14.7 Å². The third-order valence-electron chi connectivity index (χ3n) is 5.03. The quantitative estimate of drug-likeness (QED) is 0.437. The van der Waals surface area contributed by atoms with Crippen LogP contribution in [0.15, 0.2) is 53.6 Å². The first-order valence-electron chi connectivity index (χ1n) is 8.71. The van der Waals surface area contributed by atoms with Gasteiger partial charge in [0.15, 0.2) is 0 Å². The van der Waals surface area contributed by atoms with Crippen LogP contribution in [0.3, 0.4) is 0 Å². The van der Waals surface area contributed by atoms with Gasteiger partial charge >= 0.3 is 12.0 Å². The van der Waals surface area contributed by atoms with Crippen LogP contribution < -0.4 is 16.5 Å². The van der Waals surface area contributed by atoms with Gasteiger partial charge in [-0.3, -0.25) is 9.69 Å². The number of para-hydroxylation sites is 1. The first-order chi connectivity index (χ1) is 13.0. The van der Waals surface area contributed by atoms with E-state index in [4.69, 9.17) is 11.6 Å². The van der Waals surface area contributed by atoms with Gasteiger partial charge in [0.25, 0.3) is 0 Å². The molecule has 1 unspecified atom stereocenters. The Morgan fingerprint density at radius 2 is 1.89 bits per heavy atom. The smallest absolute Gasteiger partial charge is 0.320 e. The molecule has 2 aromatic carbocycles. The lowest BCUT2D eigenvalue weighted by Gasteiger charge is -2.42. The number of carbonyl (C=O) groups excluding carboxylic acids is 1. The third kappa shape index (κ3) is 3.48. The highest BCUT2D eigenvalue weighted by Gasteiger charge is 2.45. The molecule has 7 heteroatoms. The molecule has 5 N–H and O–H groups in total. The van der Waals surface area contributed by atoms with Gasteiger partial charge < -0.3 is 16.7 Å². The van der Waals surface area contributed by atoms with Crippen molar-refractivity contribution in [3.05, 3.63) is 65.2 Å². The molecule has 0 spiro atoms. The number of urea groups is 1. The van der Waals surface area contributed by atoms with Crippen molar-refractivity contribution in [2.75, 3.05) is 4.90 Å². The summed E-state index contributed by atoms with van der Waals surface area (Å²) in [5, 5.41) is 13.2. The van der Waals surface area contributed by atoms with E-state index in [1.165, 1.54) is 11.1 Å². The number of rotatable bonds is 4. The number of carbonyl (C=O) groups is 2. The van der Waals surface area contributed by atoms with E-state index in [0.717, 1.165) is 29.5 Å². The second-order valence-electron chi connectivity index (χ2n) is 6.66. The Bertz CT molecular complexity index is 879. The molecule has 140 valence electrons. The molecule has 2 aromatic rings. The molecule has 2 amide bonds. The summed E-state index contributed by atoms with van der Waals surface area (Å²) in [7, 11) is 0. The van der Waals surface area contributed by atoms with Crippen molar-refractivity contribution in [3.63, 3.8) is 0 Å². The molecule has 1 aliphatic rings. The highest BCUT2D eigenvalue weighted by Crippen LogP contribution is 2.44. The van der Waals surface area contributed by atoms with Crippen LogP contribution >= 0.6 is 0 Å². The first kappa shape index (κ1) is 18.4. The molecule has 1 aliphatic heterocycles. The number of fused-ring (bicyclic) bond motifs is 1. The van der Waals surface area contributed by atoms with E-state index in [-0.39, 0.29) is 6.42 Å². The number of carboxylic acids is 1. The number of aliphatic carboxylic acids is 1. The van der Waals surface area contributed by atoms with Gasteiger partial charge in [-0.1, -0.05) is 42.5 Å². The fraction of sp³-hybridized carbons (Fsp3) is 0.250. The minimum atomic E-state index is -1.07.